The van der Waals surface area contributed by atoms with Crippen molar-refractivity contribution in [3.05, 3.63) is 68.2 Å². The van der Waals surface area contributed by atoms with E-state index in [4.69, 9.17) is 16.3 Å². The fraction of sp³-hybridized carbons (Fsp3) is 0.176. The number of nitrogens with one attached hydrogen (secondary N) is 1. The Morgan fingerprint density at radius 2 is 1.88 bits per heavy atom. The van der Waals surface area contributed by atoms with E-state index in [0.29, 0.717) is 11.3 Å². The summed E-state index contributed by atoms with van der Waals surface area (Å²) in [6.45, 7) is 3.49. The second-order valence-corrected chi connectivity index (χ2v) is 5.53. The summed E-state index contributed by atoms with van der Waals surface area (Å²) in [5.41, 5.74) is 1.16. The van der Waals surface area contributed by atoms with Gasteiger partial charge < -0.3 is 10.1 Å². The third-order valence-electron chi connectivity index (χ3n) is 3.38. The topological polar surface area (TPSA) is 98.5 Å². The van der Waals surface area contributed by atoms with Gasteiger partial charge in [-0.25, -0.2) is 4.79 Å². The Kier molecular flexibility index (Phi) is 5.71. The van der Waals surface area contributed by atoms with E-state index < -0.39 is 16.8 Å². The summed E-state index contributed by atoms with van der Waals surface area (Å²) in [5, 5.41) is 13.6. The first-order valence-corrected chi connectivity index (χ1v) is 7.74. The van der Waals surface area contributed by atoms with Gasteiger partial charge in [-0.3, -0.25) is 14.9 Å². The molecule has 2 aromatic carbocycles. The van der Waals surface area contributed by atoms with Crippen LogP contribution in [-0.2, 0) is 4.74 Å². The molecular weight excluding hydrogens is 348 g/mol. The van der Waals surface area contributed by atoms with Gasteiger partial charge in [0.1, 0.15) is 0 Å². The van der Waals surface area contributed by atoms with Crippen molar-refractivity contribution < 1.29 is 19.2 Å². The minimum Gasteiger partial charge on any atom is -0.462 e. The molecule has 130 valence electrons. The number of hydrogen-bond donors (Lipinski definition) is 1. The molecule has 0 spiro atoms. The van der Waals surface area contributed by atoms with Crippen molar-refractivity contribution in [1.29, 1.82) is 0 Å². The maximum absolute atomic E-state index is 12.3. The minimum atomic E-state index is -0.512. The number of anilines is 1. The van der Waals surface area contributed by atoms with E-state index in [-0.39, 0.29) is 28.4 Å². The van der Waals surface area contributed by atoms with Crippen LogP contribution in [0.15, 0.2) is 36.4 Å². The van der Waals surface area contributed by atoms with Crippen LogP contribution in [0.4, 0.5) is 11.4 Å². The smallest absolute Gasteiger partial charge is 0.338 e. The van der Waals surface area contributed by atoms with E-state index in [2.05, 4.69) is 5.32 Å². The van der Waals surface area contributed by atoms with Gasteiger partial charge in [0, 0.05) is 17.2 Å². The number of nitro groups is 1. The van der Waals surface area contributed by atoms with Crippen LogP contribution in [-0.4, -0.2) is 23.4 Å². The Labute approximate surface area is 148 Å². The summed E-state index contributed by atoms with van der Waals surface area (Å²) >= 11 is 6.09. The molecule has 0 bridgehead atoms. The van der Waals surface area contributed by atoms with Gasteiger partial charge in [0.2, 0.25) is 0 Å². The molecular formula is C17H15ClN2O5. The van der Waals surface area contributed by atoms with E-state index in [1.807, 2.05) is 0 Å². The molecule has 1 amide bonds. The summed E-state index contributed by atoms with van der Waals surface area (Å²) in [5.74, 6) is -0.975. The normalized spacial score (nSPS) is 10.2. The van der Waals surface area contributed by atoms with Gasteiger partial charge in [-0.1, -0.05) is 11.6 Å². The van der Waals surface area contributed by atoms with Gasteiger partial charge in [-0.2, -0.15) is 0 Å². The van der Waals surface area contributed by atoms with Gasteiger partial charge in [-0.05, 0) is 44.2 Å². The maximum Gasteiger partial charge on any atom is 0.338 e. The SMILES string of the molecule is CCOC(=O)c1ccc(NC(=O)c2ccc([N+](=O)[O-])c(C)c2)c(Cl)c1. The van der Waals surface area contributed by atoms with Crippen LogP contribution in [0.2, 0.25) is 5.02 Å². The zero-order chi connectivity index (χ0) is 18.6. The van der Waals surface area contributed by atoms with Gasteiger partial charge in [0.25, 0.3) is 11.6 Å². The second kappa shape index (κ2) is 7.76. The van der Waals surface area contributed by atoms with Crippen LogP contribution in [0.25, 0.3) is 0 Å². The van der Waals surface area contributed by atoms with E-state index in [1.165, 1.54) is 36.4 Å². The highest BCUT2D eigenvalue weighted by Crippen LogP contribution is 2.25. The van der Waals surface area contributed by atoms with Crippen LogP contribution < -0.4 is 5.32 Å². The molecule has 25 heavy (non-hydrogen) atoms. The standard InChI is InChI=1S/C17H15ClN2O5/c1-3-25-17(22)12-4-6-14(13(18)9-12)19-16(21)11-5-7-15(20(23)24)10(2)8-11/h4-9H,3H2,1-2H3,(H,19,21). The van der Waals surface area contributed by atoms with Crippen molar-refractivity contribution in [3.8, 4) is 0 Å². The highest BCUT2D eigenvalue weighted by atomic mass is 35.5. The van der Waals surface area contributed by atoms with Crippen molar-refractivity contribution in [2.24, 2.45) is 0 Å². The molecule has 0 aliphatic rings. The largest absolute Gasteiger partial charge is 0.462 e. The molecule has 0 aliphatic carbocycles. The van der Waals surface area contributed by atoms with E-state index in [0.717, 1.165) is 0 Å². The number of ether oxygens (including phenoxy) is 1. The third kappa shape index (κ3) is 4.33. The van der Waals surface area contributed by atoms with Crippen molar-refractivity contribution in [2.75, 3.05) is 11.9 Å². The number of nitrogens with zero attached hydrogens (tertiary/aromatic N) is 1. The number of rotatable bonds is 5. The number of benzene rings is 2. The number of aryl methyl sites for hydroxylation is 1. The summed E-state index contributed by atoms with van der Waals surface area (Å²) in [4.78, 5) is 34.3. The molecule has 1 N–H and O–H groups in total. The lowest BCUT2D eigenvalue weighted by Gasteiger charge is -2.09. The summed E-state index contributed by atoms with van der Waals surface area (Å²) in [6, 6.07) is 8.44. The van der Waals surface area contributed by atoms with Gasteiger partial charge in [0.05, 0.1) is 27.8 Å². The predicted octanol–water partition coefficient (Wildman–Crippen LogP) is 3.99. The van der Waals surface area contributed by atoms with Crippen LogP contribution in [0.3, 0.4) is 0 Å². The molecule has 7 nitrogen and oxygen atoms in total. The third-order valence-corrected chi connectivity index (χ3v) is 3.70. The van der Waals surface area contributed by atoms with Crippen LogP contribution in [0, 0.1) is 17.0 Å². The Bertz CT molecular complexity index is 851. The predicted molar refractivity (Wildman–Crippen MR) is 93.2 cm³/mol. The molecule has 0 aliphatic heterocycles. The minimum absolute atomic E-state index is 0.0617. The number of carbonyl (C=O) groups excluding carboxylic acids is 2. The number of carbonyl (C=O) groups is 2. The van der Waals surface area contributed by atoms with Crippen molar-refractivity contribution in [1.82, 2.24) is 0 Å². The number of hydrogen-bond acceptors (Lipinski definition) is 5. The lowest BCUT2D eigenvalue weighted by molar-refractivity contribution is -0.385. The van der Waals surface area contributed by atoms with E-state index >= 15 is 0 Å². The average Bonchev–Trinajstić information content (AvgIpc) is 2.56. The Balaban J connectivity index is 2.19. The van der Waals surface area contributed by atoms with Gasteiger partial charge in [0.15, 0.2) is 0 Å². The number of esters is 1. The zero-order valence-electron chi connectivity index (χ0n) is 13.5. The maximum atomic E-state index is 12.3. The molecule has 8 heteroatoms. The van der Waals surface area contributed by atoms with Crippen LogP contribution >= 0.6 is 11.6 Å². The highest BCUT2D eigenvalue weighted by Gasteiger charge is 2.15. The summed E-state index contributed by atoms with van der Waals surface area (Å²) in [7, 11) is 0. The molecule has 0 saturated heterocycles. The van der Waals surface area contributed by atoms with Crippen molar-refractivity contribution in [2.45, 2.75) is 13.8 Å². The van der Waals surface area contributed by atoms with Crippen molar-refractivity contribution in [3.63, 3.8) is 0 Å². The molecule has 0 unspecified atom stereocenters. The van der Waals surface area contributed by atoms with E-state index in [1.54, 1.807) is 13.8 Å². The molecule has 2 aromatic rings. The Morgan fingerprint density at radius 1 is 1.20 bits per heavy atom. The number of nitro benzene ring substituents is 1. The second-order valence-electron chi connectivity index (χ2n) is 5.13. The zero-order valence-corrected chi connectivity index (χ0v) is 14.3. The van der Waals surface area contributed by atoms with E-state index in [9.17, 15) is 19.7 Å². The summed E-state index contributed by atoms with van der Waals surface area (Å²) in [6.07, 6.45) is 0. The van der Waals surface area contributed by atoms with Crippen LogP contribution in [0.1, 0.15) is 33.2 Å². The average molecular weight is 363 g/mol. The number of halogens is 1. The Hall–Kier alpha value is -2.93. The van der Waals surface area contributed by atoms with Crippen molar-refractivity contribution >= 4 is 34.9 Å². The fourth-order valence-corrected chi connectivity index (χ4v) is 2.38. The molecule has 0 fully saturated rings. The molecule has 0 heterocycles. The lowest BCUT2D eigenvalue weighted by Crippen LogP contribution is -2.13. The first kappa shape index (κ1) is 18.4. The Morgan fingerprint density at radius 3 is 2.44 bits per heavy atom. The number of amides is 1. The van der Waals surface area contributed by atoms with Gasteiger partial charge >= 0.3 is 5.97 Å². The first-order chi connectivity index (χ1) is 11.8. The molecule has 2 rings (SSSR count). The first-order valence-electron chi connectivity index (χ1n) is 7.36. The van der Waals surface area contributed by atoms with Gasteiger partial charge in [-0.15, -0.1) is 0 Å². The molecule has 0 radical (unpaired) electrons. The quantitative estimate of drug-likeness (QED) is 0.492. The summed E-state index contributed by atoms with van der Waals surface area (Å²) < 4.78 is 4.88. The fourth-order valence-electron chi connectivity index (χ4n) is 2.15. The highest BCUT2D eigenvalue weighted by molar-refractivity contribution is 6.34. The molecule has 0 atom stereocenters. The monoisotopic (exact) mass is 362 g/mol. The molecule has 0 saturated carbocycles. The lowest BCUT2D eigenvalue weighted by atomic mass is 10.1. The molecule has 0 aromatic heterocycles. The van der Waals surface area contributed by atoms with Crippen LogP contribution in [0.5, 0.6) is 0 Å².